The predicted molar refractivity (Wildman–Crippen MR) is 48.2 cm³/mol. The number of quaternary nitrogens is 1. The van der Waals surface area contributed by atoms with Crippen molar-refractivity contribution >= 4 is 15.9 Å². The van der Waals surface area contributed by atoms with Crippen LogP contribution in [0, 0.1) is 0 Å². The molecule has 1 aliphatic carbocycles. The van der Waals surface area contributed by atoms with Gasteiger partial charge in [0.25, 0.3) is 0 Å². The maximum absolute atomic E-state index is 4.07. The van der Waals surface area contributed by atoms with E-state index in [1.165, 1.54) is 15.6 Å². The van der Waals surface area contributed by atoms with Gasteiger partial charge < -0.3 is 5.73 Å². The highest BCUT2D eigenvalue weighted by Crippen LogP contribution is 2.23. The van der Waals surface area contributed by atoms with Gasteiger partial charge in [-0.15, -0.1) is 0 Å². The van der Waals surface area contributed by atoms with Gasteiger partial charge in [0, 0.05) is 17.3 Å². The van der Waals surface area contributed by atoms with Crippen molar-refractivity contribution in [1.29, 1.82) is 0 Å². The van der Waals surface area contributed by atoms with E-state index in [0.717, 1.165) is 12.8 Å². The molecule has 3 N–H and O–H groups in total. The minimum absolute atomic E-state index is 0.597. The second-order valence-electron chi connectivity index (χ2n) is 3.19. The summed E-state index contributed by atoms with van der Waals surface area (Å²) in [5.41, 5.74) is 7.02. The molecule has 0 saturated carbocycles. The highest BCUT2D eigenvalue weighted by molar-refractivity contribution is 9.10. The van der Waals surface area contributed by atoms with Gasteiger partial charge in [-0.1, -0.05) is 22.0 Å². The zero-order valence-electron chi connectivity index (χ0n) is 6.31. The third-order valence-corrected chi connectivity index (χ3v) is 2.68. The molecule has 2 heteroatoms. The van der Waals surface area contributed by atoms with Crippen LogP contribution >= 0.6 is 15.9 Å². The highest BCUT2D eigenvalue weighted by Gasteiger charge is 2.20. The second-order valence-corrected chi connectivity index (χ2v) is 4.10. The molecule has 0 aliphatic heterocycles. The van der Waals surface area contributed by atoms with Crippen LogP contribution in [0.25, 0.3) is 0 Å². The lowest BCUT2D eigenvalue weighted by Gasteiger charge is -1.96. The molecule has 1 aromatic carbocycles. The summed E-state index contributed by atoms with van der Waals surface area (Å²) in [5, 5.41) is 0. The van der Waals surface area contributed by atoms with E-state index >= 15 is 0 Å². The molecule has 1 nitrogen and oxygen atoms in total. The molecular weight excluding hydrogens is 202 g/mol. The molecule has 11 heavy (non-hydrogen) atoms. The molecule has 2 rings (SSSR count). The number of benzene rings is 1. The Balaban J connectivity index is 2.43. The van der Waals surface area contributed by atoms with Crippen molar-refractivity contribution in [2.24, 2.45) is 0 Å². The average molecular weight is 213 g/mol. The van der Waals surface area contributed by atoms with Gasteiger partial charge in [0.2, 0.25) is 0 Å². The highest BCUT2D eigenvalue weighted by atomic mass is 79.9. The zero-order chi connectivity index (χ0) is 7.84. The molecule has 1 aliphatic rings. The summed E-state index contributed by atoms with van der Waals surface area (Å²) in [7, 11) is 0. The van der Waals surface area contributed by atoms with Crippen LogP contribution in [0.2, 0.25) is 0 Å². The first-order chi connectivity index (χ1) is 5.25. The van der Waals surface area contributed by atoms with E-state index in [-0.39, 0.29) is 0 Å². The van der Waals surface area contributed by atoms with Crippen molar-refractivity contribution in [2.75, 3.05) is 0 Å². The molecule has 1 unspecified atom stereocenters. The summed E-state index contributed by atoms with van der Waals surface area (Å²) in [6.07, 6.45) is 2.30. The van der Waals surface area contributed by atoms with Crippen LogP contribution in [0.4, 0.5) is 0 Å². The van der Waals surface area contributed by atoms with Gasteiger partial charge in [0.05, 0.1) is 6.04 Å². The Bertz CT molecular complexity index is 283. The normalized spacial score (nSPS) is 21.8. The van der Waals surface area contributed by atoms with Crippen molar-refractivity contribution in [3.8, 4) is 0 Å². The molecule has 0 spiro atoms. The monoisotopic (exact) mass is 212 g/mol. The van der Waals surface area contributed by atoms with E-state index in [9.17, 15) is 0 Å². The fourth-order valence-corrected chi connectivity index (χ4v) is 2.09. The number of halogens is 1. The summed E-state index contributed by atoms with van der Waals surface area (Å²) < 4.78 is 1.19. The van der Waals surface area contributed by atoms with E-state index in [0.29, 0.717) is 6.04 Å². The lowest BCUT2D eigenvalue weighted by Crippen LogP contribution is -2.61. The topological polar surface area (TPSA) is 27.6 Å². The maximum Gasteiger partial charge on any atom is 0.0925 e. The fourth-order valence-electron chi connectivity index (χ4n) is 1.68. The predicted octanol–water partition coefficient (Wildman–Crippen LogP) is 1.16. The van der Waals surface area contributed by atoms with Crippen molar-refractivity contribution in [3.05, 3.63) is 33.8 Å². The third kappa shape index (κ3) is 1.33. The first-order valence-corrected chi connectivity index (χ1v) is 4.65. The van der Waals surface area contributed by atoms with E-state index in [4.69, 9.17) is 0 Å². The third-order valence-electron chi connectivity index (χ3n) is 2.19. The summed E-state index contributed by atoms with van der Waals surface area (Å²) in [5.74, 6) is 0. The zero-order valence-corrected chi connectivity index (χ0v) is 7.89. The first kappa shape index (κ1) is 7.32. The van der Waals surface area contributed by atoms with Gasteiger partial charge in [-0.05, 0) is 23.3 Å². The van der Waals surface area contributed by atoms with Gasteiger partial charge >= 0.3 is 0 Å². The van der Waals surface area contributed by atoms with Crippen molar-refractivity contribution < 1.29 is 5.73 Å². The minimum atomic E-state index is 0.597. The summed E-state index contributed by atoms with van der Waals surface area (Å²) in [4.78, 5) is 0. The van der Waals surface area contributed by atoms with Gasteiger partial charge in [-0.3, -0.25) is 0 Å². The first-order valence-electron chi connectivity index (χ1n) is 3.86. The molecule has 0 amide bonds. The van der Waals surface area contributed by atoms with Crippen molar-refractivity contribution in [2.45, 2.75) is 18.9 Å². The maximum atomic E-state index is 4.07. The van der Waals surface area contributed by atoms with E-state index in [2.05, 4.69) is 39.9 Å². The largest absolute Gasteiger partial charge is 0.355 e. The number of rotatable bonds is 0. The Morgan fingerprint density at radius 2 is 2.00 bits per heavy atom. The average Bonchev–Trinajstić information content (AvgIpc) is 2.27. The van der Waals surface area contributed by atoms with E-state index in [1.807, 2.05) is 0 Å². The van der Waals surface area contributed by atoms with Gasteiger partial charge in [0.15, 0.2) is 0 Å². The summed E-state index contributed by atoms with van der Waals surface area (Å²) >= 11 is 3.46. The molecule has 0 bridgehead atoms. The fraction of sp³-hybridized carbons (Fsp3) is 0.333. The number of fused-ring (bicyclic) bond motifs is 1. The van der Waals surface area contributed by atoms with Crippen molar-refractivity contribution in [3.63, 3.8) is 0 Å². The van der Waals surface area contributed by atoms with Crippen LogP contribution in [0.3, 0.4) is 0 Å². The van der Waals surface area contributed by atoms with Gasteiger partial charge in [-0.2, -0.15) is 0 Å². The molecule has 1 atom stereocenters. The Kier molecular flexibility index (Phi) is 1.74. The SMILES string of the molecule is [NH3+]C1Cc2ccc(Br)cc2C1. The van der Waals surface area contributed by atoms with Crippen LogP contribution in [0.5, 0.6) is 0 Å². The van der Waals surface area contributed by atoms with E-state index in [1.54, 1.807) is 0 Å². The Labute approximate surface area is 74.7 Å². The lowest BCUT2D eigenvalue weighted by atomic mass is 10.1. The van der Waals surface area contributed by atoms with Crippen LogP contribution in [0.1, 0.15) is 11.1 Å². The minimum Gasteiger partial charge on any atom is -0.355 e. The lowest BCUT2D eigenvalue weighted by molar-refractivity contribution is -0.416. The molecule has 1 aromatic rings. The van der Waals surface area contributed by atoms with Crippen LogP contribution in [-0.4, -0.2) is 6.04 Å². The summed E-state index contributed by atoms with van der Waals surface area (Å²) in [6.45, 7) is 0. The number of hydrogen-bond donors (Lipinski definition) is 1. The molecule has 0 radical (unpaired) electrons. The van der Waals surface area contributed by atoms with Crippen LogP contribution in [-0.2, 0) is 12.8 Å². The standard InChI is InChI=1S/C9H10BrN/c10-8-2-1-6-4-9(11)5-7(6)3-8/h1-3,9H,4-5,11H2/p+1. The smallest absolute Gasteiger partial charge is 0.0925 e. The van der Waals surface area contributed by atoms with Crippen LogP contribution in [0.15, 0.2) is 22.7 Å². The quantitative estimate of drug-likeness (QED) is 0.669. The van der Waals surface area contributed by atoms with E-state index < -0.39 is 0 Å². The van der Waals surface area contributed by atoms with Crippen molar-refractivity contribution in [1.82, 2.24) is 0 Å². The number of hydrogen-bond acceptors (Lipinski definition) is 0. The second kappa shape index (κ2) is 2.61. The molecule has 0 heterocycles. The molecule has 0 fully saturated rings. The molecule has 0 aromatic heterocycles. The Morgan fingerprint density at radius 3 is 2.82 bits per heavy atom. The van der Waals surface area contributed by atoms with Gasteiger partial charge in [-0.25, -0.2) is 0 Å². The molecular formula is C9H11BrN+. The Morgan fingerprint density at radius 1 is 1.27 bits per heavy atom. The summed E-state index contributed by atoms with van der Waals surface area (Å²) in [6, 6.07) is 7.11. The van der Waals surface area contributed by atoms with Gasteiger partial charge in [0.1, 0.15) is 0 Å². The molecule has 0 saturated heterocycles. The van der Waals surface area contributed by atoms with Crippen LogP contribution < -0.4 is 5.73 Å². The molecule has 58 valence electrons. The Hall–Kier alpha value is -0.340.